The average Bonchev–Trinajstić information content (AvgIpc) is 2.35. The van der Waals surface area contributed by atoms with Crippen LogP contribution in [0.5, 0.6) is 5.75 Å². The van der Waals surface area contributed by atoms with Crippen LogP contribution in [-0.4, -0.2) is 23.6 Å². The topological polar surface area (TPSA) is 75.3 Å². The van der Waals surface area contributed by atoms with Gasteiger partial charge in [-0.15, -0.1) is 0 Å². The third kappa shape index (κ3) is 4.24. The Morgan fingerprint density at radius 3 is 2.63 bits per heavy atom. The quantitative estimate of drug-likeness (QED) is 0.728. The monoisotopic (exact) mass is 262 g/mol. The van der Waals surface area contributed by atoms with Gasteiger partial charge < -0.3 is 16.2 Å². The van der Waals surface area contributed by atoms with Crippen LogP contribution < -0.4 is 11.1 Å². The van der Waals surface area contributed by atoms with Crippen LogP contribution in [0.1, 0.15) is 31.2 Å². The molecule has 1 aliphatic rings. The molecule has 1 aromatic carbocycles. The highest BCUT2D eigenvalue weighted by Gasteiger charge is 2.18. The molecule has 4 N–H and O–H groups in total. The zero-order valence-corrected chi connectivity index (χ0v) is 11.1. The lowest BCUT2D eigenvalue weighted by atomic mass is 9.83. The summed E-state index contributed by atoms with van der Waals surface area (Å²) in [4.78, 5) is 11.8. The second kappa shape index (κ2) is 6.57. The molecule has 2 rings (SSSR count). The lowest BCUT2D eigenvalue weighted by Gasteiger charge is -2.25. The Balaban J connectivity index is 1.70. The summed E-state index contributed by atoms with van der Waals surface area (Å²) in [5.74, 6) is 0.934. The molecule has 0 radical (unpaired) electrons. The van der Waals surface area contributed by atoms with Crippen LogP contribution >= 0.6 is 0 Å². The predicted molar refractivity (Wildman–Crippen MR) is 74.8 cm³/mol. The molecule has 0 saturated heterocycles. The highest BCUT2D eigenvalue weighted by molar-refractivity contribution is 5.81. The van der Waals surface area contributed by atoms with Crippen LogP contribution in [-0.2, 0) is 11.2 Å². The molecule has 1 atom stereocenters. The maximum absolute atomic E-state index is 11.8. The van der Waals surface area contributed by atoms with Crippen molar-refractivity contribution >= 4 is 5.91 Å². The van der Waals surface area contributed by atoms with E-state index in [2.05, 4.69) is 5.32 Å². The third-order valence-corrected chi connectivity index (χ3v) is 3.81. The van der Waals surface area contributed by atoms with E-state index in [0.717, 1.165) is 24.4 Å². The molecular weight excluding hydrogens is 240 g/mol. The number of rotatable bonds is 6. The number of hydrogen-bond acceptors (Lipinski definition) is 3. The van der Waals surface area contributed by atoms with E-state index in [0.29, 0.717) is 6.42 Å². The van der Waals surface area contributed by atoms with Gasteiger partial charge in [0.25, 0.3) is 0 Å². The van der Waals surface area contributed by atoms with Crippen molar-refractivity contribution in [1.29, 1.82) is 0 Å². The molecule has 19 heavy (non-hydrogen) atoms. The summed E-state index contributed by atoms with van der Waals surface area (Å²) in [6.07, 6.45) is 5.50. The first-order chi connectivity index (χ1) is 9.15. The Labute approximate surface area is 114 Å². The molecule has 0 bridgehead atoms. The molecule has 1 amide bonds. The number of hydrogen-bond donors (Lipinski definition) is 3. The van der Waals surface area contributed by atoms with Gasteiger partial charge in [-0.3, -0.25) is 4.79 Å². The second-order valence-corrected chi connectivity index (χ2v) is 5.35. The molecule has 0 aliphatic heterocycles. The summed E-state index contributed by atoms with van der Waals surface area (Å²) in [5, 5.41) is 12.1. The number of nitrogens with two attached hydrogens (primary N) is 1. The molecule has 0 heterocycles. The van der Waals surface area contributed by atoms with Gasteiger partial charge in [0.2, 0.25) is 5.91 Å². The van der Waals surface area contributed by atoms with Crippen LogP contribution in [0.15, 0.2) is 24.3 Å². The Bertz CT molecular complexity index is 413. The molecule has 104 valence electrons. The van der Waals surface area contributed by atoms with Crippen molar-refractivity contribution in [3.63, 3.8) is 0 Å². The van der Waals surface area contributed by atoms with E-state index in [1.807, 2.05) is 0 Å². The SMILES string of the molecule is N[C@@H](Cc1ccc(O)cc1)C(=O)NCCC1CCC1. The van der Waals surface area contributed by atoms with Gasteiger partial charge in [0.05, 0.1) is 6.04 Å². The third-order valence-electron chi connectivity index (χ3n) is 3.81. The molecule has 4 nitrogen and oxygen atoms in total. The Morgan fingerprint density at radius 2 is 2.05 bits per heavy atom. The maximum Gasteiger partial charge on any atom is 0.237 e. The van der Waals surface area contributed by atoms with Crippen molar-refractivity contribution in [2.24, 2.45) is 11.7 Å². The first kappa shape index (κ1) is 13.9. The van der Waals surface area contributed by atoms with Crippen molar-refractivity contribution in [3.05, 3.63) is 29.8 Å². The number of carbonyl (C=O) groups is 1. The fourth-order valence-corrected chi connectivity index (χ4v) is 2.29. The van der Waals surface area contributed by atoms with Gasteiger partial charge in [0.1, 0.15) is 5.75 Å². The van der Waals surface area contributed by atoms with E-state index >= 15 is 0 Å². The van der Waals surface area contributed by atoms with Crippen LogP contribution in [0.25, 0.3) is 0 Å². The van der Waals surface area contributed by atoms with Crippen molar-refractivity contribution in [1.82, 2.24) is 5.32 Å². The summed E-state index contributed by atoms with van der Waals surface area (Å²) in [7, 11) is 0. The molecular formula is C15H22N2O2. The number of aromatic hydroxyl groups is 1. The standard InChI is InChI=1S/C15H22N2O2/c16-14(10-12-4-6-13(18)7-5-12)15(19)17-9-8-11-2-1-3-11/h4-7,11,14,18H,1-3,8-10,16H2,(H,17,19)/t14-/m0/s1. The van der Waals surface area contributed by atoms with Crippen LogP contribution in [0.4, 0.5) is 0 Å². The maximum atomic E-state index is 11.8. The smallest absolute Gasteiger partial charge is 0.237 e. The van der Waals surface area contributed by atoms with Crippen molar-refractivity contribution in [3.8, 4) is 5.75 Å². The Kier molecular flexibility index (Phi) is 4.80. The lowest BCUT2D eigenvalue weighted by Crippen LogP contribution is -2.42. The van der Waals surface area contributed by atoms with Gasteiger partial charge in [0.15, 0.2) is 0 Å². The Hall–Kier alpha value is -1.55. The van der Waals surface area contributed by atoms with Crippen molar-refractivity contribution in [2.45, 2.75) is 38.1 Å². The number of amides is 1. The number of phenols is 1. The molecule has 0 spiro atoms. The minimum Gasteiger partial charge on any atom is -0.508 e. The van der Waals surface area contributed by atoms with Gasteiger partial charge in [-0.1, -0.05) is 31.4 Å². The van der Waals surface area contributed by atoms with Crippen LogP contribution in [0.2, 0.25) is 0 Å². The van der Waals surface area contributed by atoms with Crippen LogP contribution in [0, 0.1) is 5.92 Å². The average molecular weight is 262 g/mol. The van der Waals surface area contributed by atoms with Gasteiger partial charge >= 0.3 is 0 Å². The molecule has 1 fully saturated rings. The van der Waals surface area contributed by atoms with Gasteiger partial charge in [0, 0.05) is 6.54 Å². The summed E-state index contributed by atoms with van der Waals surface area (Å²) in [5.41, 5.74) is 6.83. The zero-order valence-electron chi connectivity index (χ0n) is 11.1. The normalized spacial score (nSPS) is 16.7. The van der Waals surface area contributed by atoms with Gasteiger partial charge in [-0.25, -0.2) is 0 Å². The lowest BCUT2D eigenvalue weighted by molar-refractivity contribution is -0.122. The van der Waals surface area contributed by atoms with Gasteiger partial charge in [-0.05, 0) is 36.5 Å². The zero-order chi connectivity index (χ0) is 13.7. The number of nitrogens with one attached hydrogen (secondary N) is 1. The largest absolute Gasteiger partial charge is 0.508 e. The molecule has 1 aliphatic carbocycles. The van der Waals surface area contributed by atoms with E-state index in [9.17, 15) is 9.90 Å². The number of carbonyl (C=O) groups excluding carboxylic acids is 1. The minimum atomic E-state index is -0.522. The summed E-state index contributed by atoms with van der Waals surface area (Å²) in [6.45, 7) is 0.729. The summed E-state index contributed by atoms with van der Waals surface area (Å²) < 4.78 is 0. The van der Waals surface area contributed by atoms with E-state index in [1.54, 1.807) is 24.3 Å². The van der Waals surface area contributed by atoms with Gasteiger partial charge in [-0.2, -0.15) is 0 Å². The second-order valence-electron chi connectivity index (χ2n) is 5.35. The number of phenolic OH excluding ortho intramolecular Hbond substituents is 1. The van der Waals surface area contributed by atoms with E-state index < -0.39 is 6.04 Å². The first-order valence-electron chi connectivity index (χ1n) is 6.96. The molecule has 1 aromatic rings. The van der Waals surface area contributed by atoms with Crippen molar-refractivity contribution in [2.75, 3.05) is 6.54 Å². The Morgan fingerprint density at radius 1 is 1.37 bits per heavy atom. The van der Waals surface area contributed by atoms with E-state index in [4.69, 9.17) is 5.73 Å². The molecule has 0 unspecified atom stereocenters. The predicted octanol–water partition coefficient (Wildman–Crippen LogP) is 1.57. The molecule has 4 heteroatoms. The molecule has 0 aromatic heterocycles. The molecule has 1 saturated carbocycles. The first-order valence-corrected chi connectivity index (χ1v) is 6.96. The van der Waals surface area contributed by atoms with E-state index in [1.165, 1.54) is 19.3 Å². The summed E-state index contributed by atoms with van der Waals surface area (Å²) >= 11 is 0. The van der Waals surface area contributed by atoms with Crippen molar-refractivity contribution < 1.29 is 9.90 Å². The van der Waals surface area contributed by atoms with Crippen LogP contribution in [0.3, 0.4) is 0 Å². The fourth-order valence-electron chi connectivity index (χ4n) is 2.29. The minimum absolute atomic E-state index is 0.0904. The highest BCUT2D eigenvalue weighted by atomic mass is 16.3. The highest BCUT2D eigenvalue weighted by Crippen LogP contribution is 2.28. The van der Waals surface area contributed by atoms with E-state index in [-0.39, 0.29) is 11.7 Å². The summed E-state index contributed by atoms with van der Waals surface area (Å²) in [6, 6.07) is 6.27. The number of benzene rings is 1. The fraction of sp³-hybridized carbons (Fsp3) is 0.533.